The van der Waals surface area contributed by atoms with Gasteiger partial charge in [-0.25, -0.2) is 0 Å². The molecule has 0 bridgehead atoms. The third-order valence-electron chi connectivity index (χ3n) is 4.13. The predicted octanol–water partition coefficient (Wildman–Crippen LogP) is 4.33. The summed E-state index contributed by atoms with van der Waals surface area (Å²) in [5, 5.41) is 0.510. The van der Waals surface area contributed by atoms with E-state index in [0.29, 0.717) is 23.1 Å². The Labute approximate surface area is 159 Å². The van der Waals surface area contributed by atoms with Crippen LogP contribution in [0.1, 0.15) is 12.5 Å². The van der Waals surface area contributed by atoms with Crippen LogP contribution in [0, 0.1) is 0 Å². The molecule has 2 aromatic carbocycles. The highest BCUT2D eigenvalue weighted by Gasteiger charge is 2.12. The summed E-state index contributed by atoms with van der Waals surface area (Å²) in [6, 6.07) is 11.9. The number of halogens is 1. The van der Waals surface area contributed by atoms with E-state index in [9.17, 15) is 0 Å². The summed E-state index contributed by atoms with van der Waals surface area (Å²) in [5.74, 6) is 1.16. The van der Waals surface area contributed by atoms with E-state index in [1.165, 1.54) is 5.69 Å². The largest absolute Gasteiger partial charge is 0.493 e. The first-order chi connectivity index (χ1) is 12.7. The third-order valence-corrected chi connectivity index (χ3v) is 4.41. The summed E-state index contributed by atoms with van der Waals surface area (Å²) in [5.41, 5.74) is 2.93. The van der Waals surface area contributed by atoms with E-state index in [4.69, 9.17) is 25.8 Å². The number of methoxy groups -OCH3 is 1. The van der Waals surface area contributed by atoms with Crippen molar-refractivity contribution in [2.45, 2.75) is 6.92 Å². The van der Waals surface area contributed by atoms with Gasteiger partial charge in [0.15, 0.2) is 11.5 Å². The summed E-state index contributed by atoms with van der Waals surface area (Å²) in [7, 11) is 1.60. The van der Waals surface area contributed by atoms with Crippen LogP contribution in [-0.4, -0.2) is 46.2 Å². The lowest BCUT2D eigenvalue weighted by molar-refractivity contribution is 0.122. The molecule has 0 aliphatic carbocycles. The number of hydrogen-bond acceptors (Lipinski definition) is 5. The molecule has 1 fully saturated rings. The number of rotatable bonds is 6. The fourth-order valence-electron chi connectivity index (χ4n) is 2.82. The molecule has 1 heterocycles. The summed E-state index contributed by atoms with van der Waals surface area (Å²) < 4.78 is 16.3. The van der Waals surface area contributed by atoms with Gasteiger partial charge in [0.2, 0.25) is 0 Å². The SMILES string of the molecule is CCOc1c(Cl)cc(C=Nc2ccc(N3CCOCC3)cc2)cc1OC. The van der Waals surface area contributed by atoms with Crippen LogP contribution in [0.2, 0.25) is 5.02 Å². The molecule has 138 valence electrons. The van der Waals surface area contributed by atoms with E-state index in [-0.39, 0.29) is 0 Å². The molecule has 0 amide bonds. The average Bonchev–Trinajstić information content (AvgIpc) is 2.69. The second kappa shape index (κ2) is 8.92. The Bertz CT molecular complexity index is 756. The fourth-order valence-corrected chi connectivity index (χ4v) is 3.09. The molecule has 0 spiro atoms. The van der Waals surface area contributed by atoms with Gasteiger partial charge in [0.05, 0.1) is 37.6 Å². The zero-order valence-electron chi connectivity index (χ0n) is 15.1. The van der Waals surface area contributed by atoms with E-state index >= 15 is 0 Å². The van der Waals surface area contributed by atoms with Gasteiger partial charge in [0.25, 0.3) is 0 Å². The zero-order chi connectivity index (χ0) is 18.4. The molecule has 0 radical (unpaired) electrons. The van der Waals surface area contributed by atoms with Crippen LogP contribution in [-0.2, 0) is 4.74 Å². The molecule has 1 aliphatic rings. The van der Waals surface area contributed by atoms with Crippen molar-refractivity contribution < 1.29 is 14.2 Å². The Balaban J connectivity index is 1.74. The lowest BCUT2D eigenvalue weighted by Crippen LogP contribution is -2.36. The average molecular weight is 375 g/mol. The molecular formula is C20H23ClN2O3. The number of nitrogens with zero attached hydrogens (tertiary/aromatic N) is 2. The van der Waals surface area contributed by atoms with Crippen LogP contribution in [0.5, 0.6) is 11.5 Å². The monoisotopic (exact) mass is 374 g/mol. The van der Waals surface area contributed by atoms with Gasteiger partial charge in [-0.1, -0.05) is 11.6 Å². The highest BCUT2D eigenvalue weighted by atomic mass is 35.5. The highest BCUT2D eigenvalue weighted by Crippen LogP contribution is 2.36. The van der Waals surface area contributed by atoms with Gasteiger partial charge >= 0.3 is 0 Å². The number of anilines is 1. The Hall–Kier alpha value is -2.24. The summed E-state index contributed by atoms with van der Waals surface area (Å²) in [4.78, 5) is 6.85. The fraction of sp³-hybridized carbons (Fsp3) is 0.350. The second-order valence-corrected chi connectivity index (χ2v) is 6.25. The van der Waals surface area contributed by atoms with Crippen LogP contribution in [0.15, 0.2) is 41.4 Å². The van der Waals surface area contributed by atoms with Crippen LogP contribution < -0.4 is 14.4 Å². The maximum atomic E-state index is 6.30. The minimum absolute atomic E-state index is 0.510. The summed E-state index contributed by atoms with van der Waals surface area (Å²) in [6.07, 6.45) is 1.77. The first kappa shape index (κ1) is 18.5. The normalized spacial score (nSPS) is 14.7. The van der Waals surface area contributed by atoms with E-state index < -0.39 is 0 Å². The number of hydrogen-bond donors (Lipinski definition) is 0. The standard InChI is InChI=1S/C20H23ClN2O3/c1-3-26-20-18(21)12-15(13-19(20)24-2)14-22-16-4-6-17(7-5-16)23-8-10-25-11-9-23/h4-7,12-14H,3,8-11H2,1-2H3. The van der Waals surface area contributed by atoms with Crippen LogP contribution >= 0.6 is 11.6 Å². The molecular weight excluding hydrogens is 352 g/mol. The molecule has 26 heavy (non-hydrogen) atoms. The smallest absolute Gasteiger partial charge is 0.179 e. The first-order valence-electron chi connectivity index (χ1n) is 8.68. The third kappa shape index (κ3) is 4.48. The number of morpholine rings is 1. The molecule has 6 heteroatoms. The van der Waals surface area contributed by atoms with Crippen molar-refractivity contribution in [3.8, 4) is 11.5 Å². The maximum Gasteiger partial charge on any atom is 0.179 e. The lowest BCUT2D eigenvalue weighted by Gasteiger charge is -2.28. The molecule has 0 saturated carbocycles. The van der Waals surface area contributed by atoms with E-state index in [2.05, 4.69) is 22.0 Å². The maximum absolute atomic E-state index is 6.30. The van der Waals surface area contributed by atoms with E-state index in [1.54, 1.807) is 13.3 Å². The van der Waals surface area contributed by atoms with Crippen LogP contribution in [0.25, 0.3) is 0 Å². The zero-order valence-corrected chi connectivity index (χ0v) is 15.8. The molecule has 0 aromatic heterocycles. The van der Waals surface area contributed by atoms with Crippen molar-refractivity contribution in [3.63, 3.8) is 0 Å². The van der Waals surface area contributed by atoms with Gasteiger partial charge < -0.3 is 19.1 Å². The number of ether oxygens (including phenoxy) is 3. The minimum Gasteiger partial charge on any atom is -0.493 e. The Morgan fingerprint density at radius 3 is 2.58 bits per heavy atom. The molecule has 1 saturated heterocycles. The van der Waals surface area contributed by atoms with Gasteiger partial charge in [0.1, 0.15) is 0 Å². The van der Waals surface area contributed by atoms with Crippen LogP contribution in [0.3, 0.4) is 0 Å². The quantitative estimate of drug-likeness (QED) is 0.706. The van der Waals surface area contributed by atoms with Crippen molar-refractivity contribution in [2.24, 2.45) is 4.99 Å². The van der Waals surface area contributed by atoms with Gasteiger partial charge in [-0.05, 0) is 48.9 Å². The van der Waals surface area contributed by atoms with Crippen molar-refractivity contribution >= 4 is 29.2 Å². The summed E-state index contributed by atoms with van der Waals surface area (Å²) >= 11 is 6.30. The molecule has 5 nitrogen and oxygen atoms in total. The second-order valence-electron chi connectivity index (χ2n) is 5.84. The highest BCUT2D eigenvalue weighted by molar-refractivity contribution is 6.32. The van der Waals surface area contributed by atoms with Gasteiger partial charge in [-0.3, -0.25) is 4.99 Å². The summed E-state index contributed by atoms with van der Waals surface area (Å²) in [6.45, 7) is 5.84. The Morgan fingerprint density at radius 1 is 1.19 bits per heavy atom. The minimum atomic E-state index is 0.510. The van der Waals surface area contributed by atoms with Crippen molar-refractivity contribution in [1.82, 2.24) is 0 Å². The lowest BCUT2D eigenvalue weighted by atomic mass is 10.2. The Morgan fingerprint density at radius 2 is 1.92 bits per heavy atom. The molecule has 2 aromatic rings. The van der Waals surface area contributed by atoms with E-state index in [1.807, 2.05) is 31.2 Å². The number of aliphatic imine (C=N–C) groups is 1. The van der Waals surface area contributed by atoms with Crippen molar-refractivity contribution in [2.75, 3.05) is 44.9 Å². The molecule has 3 rings (SSSR count). The van der Waals surface area contributed by atoms with Gasteiger partial charge in [-0.15, -0.1) is 0 Å². The number of benzene rings is 2. The Kier molecular flexibility index (Phi) is 6.36. The topological polar surface area (TPSA) is 43.3 Å². The van der Waals surface area contributed by atoms with Gasteiger partial charge in [-0.2, -0.15) is 0 Å². The van der Waals surface area contributed by atoms with Crippen molar-refractivity contribution in [3.05, 3.63) is 47.0 Å². The molecule has 0 atom stereocenters. The molecule has 0 unspecified atom stereocenters. The first-order valence-corrected chi connectivity index (χ1v) is 9.06. The van der Waals surface area contributed by atoms with E-state index in [0.717, 1.165) is 37.6 Å². The predicted molar refractivity (Wildman–Crippen MR) is 106 cm³/mol. The molecule has 0 N–H and O–H groups in total. The van der Waals surface area contributed by atoms with Gasteiger partial charge in [0, 0.05) is 25.0 Å². The molecule has 1 aliphatic heterocycles. The van der Waals surface area contributed by atoms with Crippen LogP contribution in [0.4, 0.5) is 11.4 Å². The van der Waals surface area contributed by atoms with Crippen molar-refractivity contribution in [1.29, 1.82) is 0 Å².